The van der Waals surface area contributed by atoms with Gasteiger partial charge in [-0.25, -0.2) is 4.39 Å². The van der Waals surface area contributed by atoms with Crippen molar-refractivity contribution in [3.8, 4) is 0 Å². The number of hydrogen-bond acceptors (Lipinski definition) is 2. The maximum atomic E-state index is 14.0. The van der Waals surface area contributed by atoms with Gasteiger partial charge in [0, 0.05) is 16.9 Å². The first kappa shape index (κ1) is 18.7. The Kier molecular flexibility index (Phi) is 5.74. The van der Waals surface area contributed by atoms with E-state index in [1.165, 1.54) is 6.92 Å². The Labute approximate surface area is 132 Å². The van der Waals surface area contributed by atoms with Crippen LogP contribution in [-0.2, 0) is 17.5 Å². The van der Waals surface area contributed by atoms with E-state index in [2.05, 4.69) is 20.7 Å². The maximum absolute atomic E-state index is 14.0. The van der Waals surface area contributed by atoms with E-state index in [9.17, 15) is 22.1 Å². The quantitative estimate of drug-likeness (QED) is 0.599. The van der Waals surface area contributed by atoms with Crippen LogP contribution >= 0.6 is 15.9 Å². The molecule has 8 heteroatoms. The molecule has 1 aromatic rings. The van der Waals surface area contributed by atoms with Gasteiger partial charge in [-0.1, -0.05) is 0 Å². The van der Waals surface area contributed by atoms with Crippen molar-refractivity contribution in [2.24, 2.45) is 0 Å². The second-order valence-electron chi connectivity index (χ2n) is 5.58. The van der Waals surface area contributed by atoms with E-state index in [1.807, 2.05) is 0 Å². The predicted octanol–water partition coefficient (Wildman–Crippen LogP) is 4.72. The summed E-state index contributed by atoms with van der Waals surface area (Å²) < 4.78 is 66.0. The first-order valence-corrected chi connectivity index (χ1v) is 8.02. The molecule has 0 fully saturated rings. The molecule has 1 aromatic carbocycles. The molecule has 21 heavy (non-hydrogen) atoms. The van der Waals surface area contributed by atoms with Crippen LogP contribution in [0.1, 0.15) is 44.9 Å². The highest BCUT2D eigenvalue weighted by Crippen LogP contribution is 2.35. The molecule has 0 aromatic heterocycles. The zero-order valence-corrected chi connectivity index (χ0v) is 14.3. The summed E-state index contributed by atoms with van der Waals surface area (Å²) in [7, 11) is 0. The molecule has 0 saturated heterocycles. The van der Waals surface area contributed by atoms with Crippen molar-refractivity contribution in [3.63, 3.8) is 0 Å². The number of rotatable bonds is 3. The monoisotopic (exact) mass is 389 g/mol. The van der Waals surface area contributed by atoms with Gasteiger partial charge in [0.2, 0.25) is 0 Å². The molecule has 0 saturated carbocycles. The molecule has 0 unspecified atom stereocenters. The van der Waals surface area contributed by atoms with E-state index in [0.717, 1.165) is 6.07 Å². The van der Waals surface area contributed by atoms with Crippen LogP contribution in [0.25, 0.3) is 0 Å². The third-order valence-electron chi connectivity index (χ3n) is 2.69. The number of benzene rings is 1. The highest BCUT2D eigenvalue weighted by atomic mass is 79.9. The zero-order valence-electron chi connectivity index (χ0n) is 11.9. The summed E-state index contributed by atoms with van der Waals surface area (Å²) in [5.41, 5.74) is -1.14. The first-order valence-electron chi connectivity index (χ1n) is 6.08. The summed E-state index contributed by atoms with van der Waals surface area (Å²) in [5, 5.41) is 0. The van der Waals surface area contributed by atoms with Crippen molar-refractivity contribution in [1.82, 2.24) is 4.72 Å². The Morgan fingerprint density at radius 3 is 2.19 bits per heavy atom. The van der Waals surface area contributed by atoms with E-state index in [4.69, 9.17) is 0 Å². The summed E-state index contributed by atoms with van der Waals surface area (Å²) in [4.78, 5) is 0. The normalized spacial score (nSPS) is 15.9. The van der Waals surface area contributed by atoms with Gasteiger partial charge in [-0.3, -0.25) is 0 Å². The summed E-state index contributed by atoms with van der Waals surface area (Å²) in [6.07, 6.45) is -4.58. The fraction of sp³-hybridized carbons (Fsp3) is 0.538. The molecule has 2 atom stereocenters. The minimum Gasteiger partial charge on any atom is -0.598 e. The molecule has 120 valence electrons. The molecule has 1 rings (SSSR count). The van der Waals surface area contributed by atoms with Crippen LogP contribution in [0.4, 0.5) is 17.6 Å². The summed E-state index contributed by atoms with van der Waals surface area (Å²) in [5.74, 6) is -0.797. The molecule has 0 spiro atoms. The lowest BCUT2D eigenvalue weighted by Crippen LogP contribution is -2.40. The van der Waals surface area contributed by atoms with Crippen LogP contribution in [0.3, 0.4) is 0 Å². The van der Waals surface area contributed by atoms with Gasteiger partial charge in [0.15, 0.2) is 0 Å². The first-order chi connectivity index (χ1) is 9.34. The van der Waals surface area contributed by atoms with E-state index in [0.29, 0.717) is 6.07 Å². The van der Waals surface area contributed by atoms with Gasteiger partial charge in [-0.2, -0.15) is 13.2 Å². The molecule has 1 N–H and O–H groups in total. The maximum Gasteiger partial charge on any atom is 0.416 e. The number of nitrogens with one attached hydrogen (secondary N) is 1. The Morgan fingerprint density at radius 1 is 1.24 bits per heavy atom. The molecule has 0 heterocycles. The minimum absolute atomic E-state index is 0.186. The molecular formula is C13H16BrF4NOS. The predicted molar refractivity (Wildman–Crippen MR) is 78.5 cm³/mol. The summed E-state index contributed by atoms with van der Waals surface area (Å²) in [6, 6.07) is 0.591. The smallest absolute Gasteiger partial charge is 0.416 e. The highest BCUT2D eigenvalue weighted by Gasteiger charge is 2.34. The van der Waals surface area contributed by atoms with Crippen molar-refractivity contribution < 1.29 is 22.1 Å². The third-order valence-corrected chi connectivity index (χ3v) is 4.95. The molecule has 0 aliphatic heterocycles. The molecule has 0 bridgehead atoms. The molecule has 0 aliphatic rings. The van der Waals surface area contributed by atoms with Crippen LogP contribution in [0, 0.1) is 5.82 Å². The second-order valence-corrected chi connectivity index (χ2v) is 8.43. The Hall–Kier alpha value is -0.310. The lowest BCUT2D eigenvalue weighted by molar-refractivity contribution is -0.137. The number of alkyl halides is 3. The van der Waals surface area contributed by atoms with Gasteiger partial charge in [0.05, 0.1) is 16.1 Å². The SMILES string of the molecule is C[C@@H](N[S@+]([O-])C(C)(C)C)c1cc(C(F)(F)F)cc(Br)c1F. The third kappa shape index (κ3) is 4.84. The van der Waals surface area contributed by atoms with E-state index in [1.54, 1.807) is 20.8 Å². The average Bonchev–Trinajstić information content (AvgIpc) is 2.29. The molecule has 0 amide bonds. The number of halogens is 5. The average molecular weight is 390 g/mol. The number of hydrogen-bond donors (Lipinski definition) is 1. The van der Waals surface area contributed by atoms with Gasteiger partial charge >= 0.3 is 6.18 Å². The van der Waals surface area contributed by atoms with Crippen molar-refractivity contribution in [2.75, 3.05) is 0 Å². The van der Waals surface area contributed by atoms with Crippen molar-refractivity contribution in [3.05, 3.63) is 33.5 Å². The van der Waals surface area contributed by atoms with Gasteiger partial charge in [0.25, 0.3) is 0 Å². The van der Waals surface area contributed by atoms with Gasteiger partial charge in [-0.15, -0.1) is 4.72 Å². The molecule has 2 nitrogen and oxygen atoms in total. The van der Waals surface area contributed by atoms with Crippen LogP contribution in [0.5, 0.6) is 0 Å². The van der Waals surface area contributed by atoms with Gasteiger partial charge < -0.3 is 4.55 Å². The fourth-order valence-corrected chi connectivity index (χ4v) is 2.77. The Bertz CT molecular complexity index is 516. The van der Waals surface area contributed by atoms with Crippen LogP contribution in [0.2, 0.25) is 0 Å². The highest BCUT2D eigenvalue weighted by molar-refractivity contribution is 9.10. The second kappa shape index (κ2) is 6.44. The minimum atomic E-state index is -4.58. The standard InChI is InChI=1S/C13H16BrF4NOS/c1-7(19-21(20)12(2,3)4)9-5-8(13(16,17)18)6-10(14)11(9)15/h5-7,19H,1-4H3/t7-,21-/m1/s1. The zero-order chi connectivity index (χ0) is 16.6. The van der Waals surface area contributed by atoms with Crippen molar-refractivity contribution >= 4 is 27.3 Å². The summed E-state index contributed by atoms with van der Waals surface area (Å²) in [6.45, 7) is 6.60. The van der Waals surface area contributed by atoms with E-state index < -0.39 is 39.7 Å². The molecule has 0 aliphatic carbocycles. The molecular weight excluding hydrogens is 374 g/mol. The fourth-order valence-electron chi connectivity index (χ4n) is 1.49. The van der Waals surface area contributed by atoms with E-state index in [-0.39, 0.29) is 10.0 Å². The van der Waals surface area contributed by atoms with Crippen LogP contribution in [0.15, 0.2) is 16.6 Å². The van der Waals surface area contributed by atoms with Crippen molar-refractivity contribution in [1.29, 1.82) is 0 Å². The van der Waals surface area contributed by atoms with E-state index >= 15 is 0 Å². The van der Waals surface area contributed by atoms with Gasteiger partial charge in [0.1, 0.15) is 10.6 Å². The van der Waals surface area contributed by atoms with Crippen LogP contribution < -0.4 is 4.72 Å². The Morgan fingerprint density at radius 2 is 1.76 bits per heavy atom. The molecule has 0 radical (unpaired) electrons. The largest absolute Gasteiger partial charge is 0.598 e. The van der Waals surface area contributed by atoms with Crippen molar-refractivity contribution in [2.45, 2.75) is 44.7 Å². The summed E-state index contributed by atoms with van der Waals surface area (Å²) >= 11 is 1.26. The lowest BCUT2D eigenvalue weighted by Gasteiger charge is -2.27. The Balaban J connectivity index is 3.15. The van der Waals surface area contributed by atoms with Crippen LogP contribution in [-0.4, -0.2) is 9.30 Å². The lowest BCUT2D eigenvalue weighted by atomic mass is 10.0. The van der Waals surface area contributed by atoms with Gasteiger partial charge in [-0.05, 0) is 55.8 Å². The topological polar surface area (TPSA) is 35.1 Å².